The number of hydrogen-bond donors (Lipinski definition) is 3. The van der Waals surface area contributed by atoms with Crippen molar-refractivity contribution in [2.45, 2.75) is 63.1 Å². The number of thiophene rings is 1. The number of aromatic nitrogens is 2. The molecule has 0 saturated heterocycles. The van der Waals surface area contributed by atoms with E-state index in [1.165, 1.54) is 17.8 Å². The van der Waals surface area contributed by atoms with Crippen LogP contribution in [0.15, 0.2) is 6.07 Å². The van der Waals surface area contributed by atoms with Crippen molar-refractivity contribution >= 4 is 33.4 Å². The highest BCUT2D eigenvalue weighted by Crippen LogP contribution is 2.34. The van der Waals surface area contributed by atoms with Gasteiger partial charge in [-0.05, 0) is 44.6 Å². The highest BCUT2D eigenvalue weighted by Gasteiger charge is 2.36. The van der Waals surface area contributed by atoms with Gasteiger partial charge in [-0.25, -0.2) is 0 Å². The van der Waals surface area contributed by atoms with Crippen LogP contribution in [0, 0.1) is 0 Å². The minimum atomic E-state index is -0.821. The highest BCUT2D eigenvalue weighted by atomic mass is 32.1. The van der Waals surface area contributed by atoms with Crippen molar-refractivity contribution in [2.75, 3.05) is 0 Å². The smallest absolute Gasteiger partial charge is 0.261 e. The van der Waals surface area contributed by atoms with Gasteiger partial charge < -0.3 is 15.7 Å². The average Bonchev–Trinajstić information content (AvgIpc) is 3.08. The van der Waals surface area contributed by atoms with Crippen LogP contribution in [0.5, 0.6) is 0 Å². The number of aryl methyl sites for hydroxylation is 1. The van der Waals surface area contributed by atoms with Gasteiger partial charge in [0.25, 0.3) is 5.91 Å². The Hall–Kier alpha value is -1.93. The Morgan fingerprint density at radius 2 is 2.15 bits per heavy atom. The molecule has 2 heterocycles. The zero-order chi connectivity index (χ0) is 18.3. The lowest BCUT2D eigenvalue weighted by Crippen LogP contribution is -2.42. The molecular formula is C18H24N4O3S. The number of rotatable bonds is 6. The van der Waals surface area contributed by atoms with Crippen LogP contribution < -0.4 is 10.6 Å². The number of nitrogens with one attached hydrogen (secondary N) is 2. The molecule has 0 unspecified atom stereocenters. The van der Waals surface area contributed by atoms with E-state index in [4.69, 9.17) is 0 Å². The molecule has 2 saturated carbocycles. The minimum Gasteiger partial charge on any atom is -0.389 e. The fraction of sp³-hybridized carbons (Fsp3) is 0.611. The van der Waals surface area contributed by atoms with E-state index in [1.807, 2.05) is 13.1 Å². The fourth-order valence-electron chi connectivity index (χ4n) is 3.47. The third-order valence-corrected chi connectivity index (χ3v) is 6.68. The largest absolute Gasteiger partial charge is 0.389 e. The molecule has 2 aliphatic rings. The highest BCUT2D eigenvalue weighted by molar-refractivity contribution is 7.20. The molecule has 0 aliphatic heterocycles. The van der Waals surface area contributed by atoms with Crippen LogP contribution in [-0.2, 0) is 18.4 Å². The van der Waals surface area contributed by atoms with Crippen molar-refractivity contribution in [3.05, 3.63) is 16.6 Å². The summed E-state index contributed by atoms with van der Waals surface area (Å²) in [7, 11) is 1.84. The van der Waals surface area contributed by atoms with E-state index in [1.54, 1.807) is 4.68 Å². The van der Waals surface area contributed by atoms with E-state index >= 15 is 0 Å². The van der Waals surface area contributed by atoms with Crippen LogP contribution in [0.2, 0.25) is 0 Å². The number of nitrogens with zero attached hydrogens (tertiary/aromatic N) is 2. The molecule has 26 heavy (non-hydrogen) atoms. The number of amides is 2. The van der Waals surface area contributed by atoms with Crippen LogP contribution in [-0.4, -0.2) is 38.3 Å². The predicted molar refractivity (Wildman–Crippen MR) is 99.0 cm³/mol. The summed E-state index contributed by atoms with van der Waals surface area (Å²) in [6.07, 6.45) is 5.80. The standard InChI is InChI=1S/C18H24N4O3S/c1-22-17-12(8-14(26-17)16(24)20-11-4-2-5-11)13(21-22)10-19-15(23)9-18(25)6-3-7-18/h8,11,25H,2-7,9-10H2,1H3,(H,19,23)(H,20,24). The Balaban J connectivity index is 1.43. The van der Waals surface area contributed by atoms with E-state index in [0.29, 0.717) is 30.3 Å². The number of carbonyl (C=O) groups is 2. The summed E-state index contributed by atoms with van der Waals surface area (Å²) in [5.74, 6) is -0.192. The first kappa shape index (κ1) is 17.5. The molecule has 7 nitrogen and oxygen atoms in total. The van der Waals surface area contributed by atoms with Gasteiger partial charge in [0.1, 0.15) is 4.83 Å². The first-order valence-electron chi connectivity index (χ1n) is 9.19. The summed E-state index contributed by atoms with van der Waals surface area (Å²) in [5.41, 5.74) is -0.0750. The van der Waals surface area contributed by atoms with Crippen molar-refractivity contribution in [1.29, 1.82) is 0 Å². The lowest BCUT2D eigenvalue weighted by Gasteiger charge is -2.35. The monoisotopic (exact) mass is 376 g/mol. The first-order chi connectivity index (χ1) is 12.4. The van der Waals surface area contributed by atoms with E-state index in [0.717, 1.165) is 35.2 Å². The van der Waals surface area contributed by atoms with Gasteiger partial charge in [0.05, 0.1) is 29.1 Å². The lowest BCUT2D eigenvalue weighted by molar-refractivity contribution is -0.130. The summed E-state index contributed by atoms with van der Waals surface area (Å²) in [6, 6.07) is 2.17. The maximum absolute atomic E-state index is 12.4. The molecule has 0 spiro atoms. The van der Waals surface area contributed by atoms with Crippen molar-refractivity contribution in [3.8, 4) is 0 Å². The quantitative estimate of drug-likeness (QED) is 0.717. The second kappa shape index (κ2) is 6.66. The molecular weight excluding hydrogens is 352 g/mol. The molecule has 2 fully saturated rings. The van der Waals surface area contributed by atoms with Crippen LogP contribution >= 0.6 is 11.3 Å². The van der Waals surface area contributed by atoms with Gasteiger partial charge in [-0.1, -0.05) is 0 Å². The second-order valence-electron chi connectivity index (χ2n) is 7.53. The zero-order valence-electron chi connectivity index (χ0n) is 14.9. The molecule has 2 aliphatic carbocycles. The van der Waals surface area contributed by atoms with Gasteiger partial charge in [0.2, 0.25) is 5.91 Å². The molecule has 2 amide bonds. The van der Waals surface area contributed by atoms with E-state index < -0.39 is 5.60 Å². The normalized spacial score (nSPS) is 19.0. The van der Waals surface area contributed by atoms with Gasteiger partial charge in [-0.2, -0.15) is 5.10 Å². The molecule has 8 heteroatoms. The van der Waals surface area contributed by atoms with Crippen molar-refractivity contribution in [3.63, 3.8) is 0 Å². The summed E-state index contributed by atoms with van der Waals surface area (Å²) in [6.45, 7) is 0.298. The maximum Gasteiger partial charge on any atom is 0.261 e. The Morgan fingerprint density at radius 1 is 1.38 bits per heavy atom. The summed E-state index contributed by atoms with van der Waals surface area (Å²) in [4.78, 5) is 26.0. The van der Waals surface area contributed by atoms with E-state index in [9.17, 15) is 14.7 Å². The first-order valence-corrected chi connectivity index (χ1v) is 10.0. The SMILES string of the molecule is Cn1nc(CNC(=O)CC2(O)CCC2)c2cc(C(=O)NC3CCC3)sc21. The van der Waals surface area contributed by atoms with Gasteiger partial charge in [0, 0.05) is 18.5 Å². The zero-order valence-corrected chi connectivity index (χ0v) is 15.7. The van der Waals surface area contributed by atoms with Crippen LogP contribution in [0.25, 0.3) is 10.2 Å². The molecule has 2 aromatic heterocycles. The van der Waals surface area contributed by atoms with Gasteiger partial charge in [0.15, 0.2) is 0 Å². The Kier molecular flexibility index (Phi) is 4.48. The molecule has 0 bridgehead atoms. The topological polar surface area (TPSA) is 96.2 Å². The number of fused-ring (bicyclic) bond motifs is 1. The van der Waals surface area contributed by atoms with Crippen molar-refractivity contribution < 1.29 is 14.7 Å². The van der Waals surface area contributed by atoms with Gasteiger partial charge in [-0.15, -0.1) is 11.3 Å². The number of hydrogen-bond acceptors (Lipinski definition) is 5. The minimum absolute atomic E-state index is 0.0295. The molecule has 0 aromatic carbocycles. The summed E-state index contributed by atoms with van der Waals surface area (Å²) >= 11 is 1.42. The Bertz CT molecular complexity index is 848. The van der Waals surface area contributed by atoms with Gasteiger partial charge >= 0.3 is 0 Å². The maximum atomic E-state index is 12.4. The molecule has 140 valence electrons. The molecule has 0 atom stereocenters. The Morgan fingerprint density at radius 3 is 2.77 bits per heavy atom. The van der Waals surface area contributed by atoms with Crippen LogP contribution in [0.3, 0.4) is 0 Å². The molecule has 2 aromatic rings. The number of aliphatic hydroxyl groups is 1. The van der Waals surface area contributed by atoms with E-state index in [-0.39, 0.29) is 18.2 Å². The molecule has 4 rings (SSSR count). The molecule has 0 radical (unpaired) electrons. The third-order valence-electron chi connectivity index (χ3n) is 5.48. The Labute approximate surface area is 155 Å². The summed E-state index contributed by atoms with van der Waals surface area (Å²) < 4.78 is 1.75. The molecule has 3 N–H and O–H groups in total. The van der Waals surface area contributed by atoms with Gasteiger partial charge in [-0.3, -0.25) is 14.3 Å². The second-order valence-corrected chi connectivity index (χ2v) is 8.56. The summed E-state index contributed by atoms with van der Waals surface area (Å²) in [5, 5.41) is 21.4. The fourth-order valence-corrected chi connectivity index (χ4v) is 4.46. The lowest BCUT2D eigenvalue weighted by atomic mass is 9.78. The van der Waals surface area contributed by atoms with Crippen molar-refractivity contribution in [2.24, 2.45) is 7.05 Å². The predicted octanol–water partition coefficient (Wildman–Crippen LogP) is 1.84. The third kappa shape index (κ3) is 3.35. The number of carbonyl (C=O) groups excluding carboxylic acids is 2. The van der Waals surface area contributed by atoms with Crippen LogP contribution in [0.1, 0.15) is 60.3 Å². The van der Waals surface area contributed by atoms with E-state index in [2.05, 4.69) is 15.7 Å². The average molecular weight is 376 g/mol. The van der Waals surface area contributed by atoms with Crippen LogP contribution in [0.4, 0.5) is 0 Å². The van der Waals surface area contributed by atoms with Crippen molar-refractivity contribution in [1.82, 2.24) is 20.4 Å².